The molecule has 41 heavy (non-hydrogen) atoms. The van der Waals surface area contributed by atoms with Gasteiger partial charge in [-0.05, 0) is 66.9 Å². The summed E-state index contributed by atoms with van der Waals surface area (Å²) in [5, 5.41) is 6.35. The van der Waals surface area contributed by atoms with E-state index in [9.17, 15) is 9.18 Å². The van der Waals surface area contributed by atoms with E-state index in [0.717, 1.165) is 55.7 Å². The molecule has 1 atom stereocenters. The van der Waals surface area contributed by atoms with Crippen LogP contribution in [0.2, 0.25) is 5.02 Å². The van der Waals surface area contributed by atoms with E-state index < -0.39 is 0 Å². The summed E-state index contributed by atoms with van der Waals surface area (Å²) in [5.74, 6) is -0.145. The van der Waals surface area contributed by atoms with Crippen molar-refractivity contribution in [3.63, 3.8) is 0 Å². The second kappa shape index (κ2) is 12.4. The molecule has 0 aliphatic carbocycles. The lowest BCUT2D eigenvalue weighted by atomic mass is 9.88. The Morgan fingerprint density at radius 3 is 2.41 bits per heavy atom. The molecule has 1 unspecified atom stereocenters. The molecule has 0 radical (unpaired) electrons. The Morgan fingerprint density at radius 1 is 0.927 bits per heavy atom. The number of ether oxygens (including phenoxy) is 1. The molecule has 0 amide bonds. The smallest absolute Gasteiger partial charge is 0.163 e. The standard InChI is InChI=1S/C34H31ClFN3O2/c35-31-9-5-4-8-29(31)34-30-15-10-26(22-32(30)39(37-34)28-13-11-27(36)12-14-28)33(40)23-25(24-6-2-1-3-7-24)16-17-38-18-20-41-21-19-38/h1-15,22,25H,16-21,23H2. The van der Waals surface area contributed by atoms with Crippen LogP contribution in [0.4, 0.5) is 4.39 Å². The van der Waals surface area contributed by atoms with E-state index in [-0.39, 0.29) is 17.5 Å². The van der Waals surface area contributed by atoms with Gasteiger partial charge in [-0.2, -0.15) is 5.10 Å². The van der Waals surface area contributed by atoms with Crippen molar-refractivity contribution >= 4 is 28.3 Å². The van der Waals surface area contributed by atoms with E-state index >= 15 is 0 Å². The van der Waals surface area contributed by atoms with E-state index in [2.05, 4.69) is 17.0 Å². The Labute approximate surface area is 244 Å². The van der Waals surface area contributed by atoms with Crippen molar-refractivity contribution in [3.8, 4) is 16.9 Å². The maximum atomic E-state index is 13.8. The van der Waals surface area contributed by atoms with E-state index in [1.807, 2.05) is 60.7 Å². The van der Waals surface area contributed by atoms with Gasteiger partial charge in [0.1, 0.15) is 11.5 Å². The third-order valence-electron chi connectivity index (χ3n) is 7.80. The van der Waals surface area contributed by atoms with Gasteiger partial charge >= 0.3 is 0 Å². The number of carbonyl (C=O) groups excluding carboxylic acids is 1. The third-order valence-corrected chi connectivity index (χ3v) is 8.13. The number of benzene rings is 4. The highest BCUT2D eigenvalue weighted by atomic mass is 35.5. The summed E-state index contributed by atoms with van der Waals surface area (Å²) in [6.07, 6.45) is 1.30. The fourth-order valence-corrected chi connectivity index (χ4v) is 5.76. The first kappa shape index (κ1) is 27.3. The minimum atomic E-state index is -0.323. The maximum Gasteiger partial charge on any atom is 0.163 e. The Bertz CT molecular complexity index is 1650. The molecule has 1 saturated heterocycles. The second-order valence-corrected chi connectivity index (χ2v) is 10.8. The van der Waals surface area contributed by atoms with Crippen LogP contribution in [0.15, 0.2) is 97.1 Å². The number of aromatic nitrogens is 2. The van der Waals surface area contributed by atoms with Crippen LogP contribution in [-0.4, -0.2) is 53.3 Å². The normalized spacial score (nSPS) is 14.8. The lowest BCUT2D eigenvalue weighted by Gasteiger charge is -2.28. The Hall–Kier alpha value is -3.84. The van der Waals surface area contributed by atoms with Crippen molar-refractivity contribution in [1.29, 1.82) is 0 Å². The number of hydrogen-bond donors (Lipinski definition) is 0. The topological polar surface area (TPSA) is 47.4 Å². The fraction of sp³-hybridized carbons (Fsp3) is 0.235. The molecule has 1 aromatic heterocycles. The molecule has 6 rings (SSSR count). The Balaban J connectivity index is 1.35. The van der Waals surface area contributed by atoms with Crippen molar-refractivity contribution in [3.05, 3.63) is 119 Å². The molecule has 5 nitrogen and oxygen atoms in total. The van der Waals surface area contributed by atoms with Gasteiger partial charge < -0.3 is 4.74 Å². The summed E-state index contributed by atoms with van der Waals surface area (Å²) in [4.78, 5) is 16.2. The van der Waals surface area contributed by atoms with Gasteiger partial charge in [-0.3, -0.25) is 9.69 Å². The van der Waals surface area contributed by atoms with Crippen LogP contribution in [0, 0.1) is 5.82 Å². The predicted octanol–water partition coefficient (Wildman–Crippen LogP) is 7.56. The minimum Gasteiger partial charge on any atom is -0.379 e. The zero-order chi connectivity index (χ0) is 28.2. The molecule has 5 aromatic rings. The van der Waals surface area contributed by atoms with E-state index in [1.165, 1.54) is 17.7 Å². The van der Waals surface area contributed by atoms with Gasteiger partial charge in [0.25, 0.3) is 0 Å². The average molecular weight is 568 g/mol. The van der Waals surface area contributed by atoms with E-state index in [1.54, 1.807) is 16.8 Å². The Morgan fingerprint density at radius 2 is 1.66 bits per heavy atom. The first-order chi connectivity index (χ1) is 20.1. The van der Waals surface area contributed by atoms with Gasteiger partial charge in [-0.25, -0.2) is 9.07 Å². The molecule has 1 fully saturated rings. The molecule has 0 spiro atoms. The van der Waals surface area contributed by atoms with Gasteiger partial charge in [-0.15, -0.1) is 0 Å². The molecular weight excluding hydrogens is 537 g/mol. The molecule has 0 N–H and O–H groups in total. The number of ketones is 1. The van der Waals surface area contributed by atoms with Crippen LogP contribution in [0.1, 0.15) is 34.7 Å². The van der Waals surface area contributed by atoms with Gasteiger partial charge in [0, 0.05) is 36.0 Å². The molecule has 1 aliphatic rings. The highest BCUT2D eigenvalue weighted by Gasteiger charge is 2.22. The first-order valence-electron chi connectivity index (χ1n) is 14.0. The summed E-state index contributed by atoms with van der Waals surface area (Å²) >= 11 is 6.55. The summed E-state index contributed by atoms with van der Waals surface area (Å²) in [7, 11) is 0. The number of halogens is 2. The molecular formula is C34H31ClFN3O2. The van der Waals surface area contributed by atoms with Gasteiger partial charge in [-0.1, -0.05) is 66.2 Å². The van der Waals surface area contributed by atoms with Crippen LogP contribution in [-0.2, 0) is 4.74 Å². The van der Waals surface area contributed by atoms with Crippen LogP contribution in [0.25, 0.3) is 27.8 Å². The Kier molecular flexibility index (Phi) is 8.23. The average Bonchev–Trinajstić information content (AvgIpc) is 3.39. The van der Waals surface area contributed by atoms with Crippen LogP contribution >= 0.6 is 11.6 Å². The minimum absolute atomic E-state index is 0.0777. The molecule has 2 heterocycles. The molecule has 4 aromatic carbocycles. The molecule has 7 heteroatoms. The number of fused-ring (bicyclic) bond motifs is 1. The van der Waals surface area contributed by atoms with Crippen molar-refractivity contribution in [2.45, 2.75) is 18.8 Å². The SMILES string of the molecule is O=C(CC(CCN1CCOCC1)c1ccccc1)c1ccc2c(-c3ccccc3Cl)nn(-c3ccc(F)cc3)c2c1. The molecule has 1 aliphatic heterocycles. The maximum absolute atomic E-state index is 13.8. The monoisotopic (exact) mass is 567 g/mol. The number of morpholine rings is 1. The fourth-order valence-electron chi connectivity index (χ4n) is 5.54. The van der Waals surface area contributed by atoms with Crippen molar-refractivity contribution < 1.29 is 13.9 Å². The summed E-state index contributed by atoms with van der Waals surface area (Å²) < 4.78 is 21.0. The molecule has 208 valence electrons. The number of hydrogen-bond acceptors (Lipinski definition) is 4. The number of Topliss-reactive ketones (excluding diaryl/α,β-unsaturated/α-hetero) is 1. The van der Waals surface area contributed by atoms with E-state index in [4.69, 9.17) is 21.4 Å². The zero-order valence-electron chi connectivity index (χ0n) is 22.7. The van der Waals surface area contributed by atoms with Gasteiger partial charge in [0.2, 0.25) is 0 Å². The molecule has 0 saturated carbocycles. The number of rotatable bonds is 9. The quantitative estimate of drug-likeness (QED) is 0.172. The largest absolute Gasteiger partial charge is 0.379 e. The van der Waals surface area contributed by atoms with Crippen LogP contribution in [0.3, 0.4) is 0 Å². The lowest BCUT2D eigenvalue weighted by Crippen LogP contribution is -2.37. The lowest BCUT2D eigenvalue weighted by molar-refractivity contribution is 0.0364. The number of nitrogens with zero attached hydrogens (tertiary/aromatic N) is 3. The highest BCUT2D eigenvalue weighted by molar-refractivity contribution is 6.33. The second-order valence-electron chi connectivity index (χ2n) is 10.4. The van der Waals surface area contributed by atoms with Crippen molar-refractivity contribution in [2.75, 3.05) is 32.8 Å². The summed E-state index contributed by atoms with van der Waals surface area (Å²) in [6.45, 7) is 4.29. The zero-order valence-corrected chi connectivity index (χ0v) is 23.4. The van der Waals surface area contributed by atoms with Crippen LogP contribution in [0.5, 0.6) is 0 Å². The highest BCUT2D eigenvalue weighted by Crippen LogP contribution is 2.35. The number of carbonyl (C=O) groups is 1. The van der Waals surface area contributed by atoms with Crippen LogP contribution < -0.4 is 0 Å². The van der Waals surface area contributed by atoms with E-state index in [0.29, 0.717) is 28.4 Å². The van der Waals surface area contributed by atoms with Gasteiger partial charge in [0.05, 0.1) is 29.4 Å². The van der Waals surface area contributed by atoms with Crippen molar-refractivity contribution in [2.24, 2.45) is 0 Å². The van der Waals surface area contributed by atoms with Gasteiger partial charge in [0.15, 0.2) is 5.78 Å². The third kappa shape index (κ3) is 6.10. The summed E-state index contributed by atoms with van der Waals surface area (Å²) in [6, 6.07) is 29.8. The molecule has 0 bridgehead atoms. The summed E-state index contributed by atoms with van der Waals surface area (Å²) in [5.41, 5.74) is 4.77. The first-order valence-corrected chi connectivity index (χ1v) is 14.4. The van der Waals surface area contributed by atoms with Crippen molar-refractivity contribution in [1.82, 2.24) is 14.7 Å². The predicted molar refractivity (Wildman–Crippen MR) is 161 cm³/mol.